The van der Waals surface area contributed by atoms with Crippen molar-refractivity contribution < 1.29 is 17.9 Å². The Morgan fingerprint density at radius 3 is 2.64 bits per heavy atom. The highest BCUT2D eigenvalue weighted by atomic mass is 32.2. The van der Waals surface area contributed by atoms with E-state index < -0.39 is 21.2 Å². The second kappa shape index (κ2) is 4.14. The molecule has 1 heterocycles. The lowest BCUT2D eigenvalue weighted by Crippen LogP contribution is -2.32. The Bertz CT molecular complexity index is 366. The molecule has 14 heavy (non-hydrogen) atoms. The van der Waals surface area contributed by atoms with Gasteiger partial charge in [0.15, 0.2) is 9.84 Å². The van der Waals surface area contributed by atoms with Crippen LogP contribution in [0.4, 0.5) is 0 Å². The summed E-state index contributed by atoms with van der Waals surface area (Å²) in [5.74, 6) is 0.591. The Hall–Kier alpha value is -0.810. The van der Waals surface area contributed by atoms with Crippen LogP contribution in [0.25, 0.3) is 0 Å². The number of sulfone groups is 1. The van der Waals surface area contributed by atoms with E-state index in [-0.39, 0.29) is 6.42 Å². The molecule has 1 rings (SSSR count). The van der Waals surface area contributed by atoms with E-state index in [0.717, 1.165) is 6.26 Å². The minimum Gasteiger partial charge on any atom is -0.469 e. The molecule has 1 aromatic rings. The van der Waals surface area contributed by atoms with Crippen LogP contribution < -0.4 is 0 Å². The van der Waals surface area contributed by atoms with Crippen LogP contribution >= 0.6 is 0 Å². The molecule has 0 saturated carbocycles. The normalized spacial score (nSPS) is 16.5. The third-order valence-corrected chi connectivity index (χ3v) is 3.87. The van der Waals surface area contributed by atoms with Gasteiger partial charge in [0, 0.05) is 12.7 Å². The Morgan fingerprint density at radius 1 is 1.57 bits per heavy atom. The molecule has 2 atom stereocenters. The van der Waals surface area contributed by atoms with Crippen molar-refractivity contribution in [2.24, 2.45) is 0 Å². The maximum absolute atomic E-state index is 11.1. The second-order valence-corrected chi connectivity index (χ2v) is 5.79. The largest absolute Gasteiger partial charge is 0.469 e. The fourth-order valence-electron chi connectivity index (χ4n) is 1.09. The van der Waals surface area contributed by atoms with Gasteiger partial charge in [-0.25, -0.2) is 8.42 Å². The average molecular weight is 218 g/mol. The SMILES string of the molecule is CC(C(O)Cc1ccco1)S(C)(=O)=O. The Labute approximate surface area is 83.5 Å². The molecule has 5 heteroatoms. The first-order chi connectivity index (χ1) is 6.41. The summed E-state index contributed by atoms with van der Waals surface area (Å²) in [7, 11) is -3.20. The number of hydrogen-bond donors (Lipinski definition) is 1. The van der Waals surface area contributed by atoms with Gasteiger partial charge in [-0.3, -0.25) is 0 Å². The Balaban J connectivity index is 2.63. The van der Waals surface area contributed by atoms with Crippen LogP contribution in [0, 0.1) is 0 Å². The van der Waals surface area contributed by atoms with E-state index in [1.165, 1.54) is 13.2 Å². The average Bonchev–Trinajstić information content (AvgIpc) is 2.53. The summed E-state index contributed by atoms with van der Waals surface area (Å²) in [6.45, 7) is 1.49. The molecular formula is C9H14O4S. The first-order valence-electron chi connectivity index (χ1n) is 4.30. The fourth-order valence-corrected chi connectivity index (χ4v) is 1.75. The van der Waals surface area contributed by atoms with Crippen molar-refractivity contribution in [1.82, 2.24) is 0 Å². The van der Waals surface area contributed by atoms with E-state index in [4.69, 9.17) is 4.42 Å². The van der Waals surface area contributed by atoms with Crippen LogP contribution in [0.1, 0.15) is 12.7 Å². The van der Waals surface area contributed by atoms with Crippen LogP contribution in [-0.2, 0) is 16.3 Å². The Kier molecular flexibility index (Phi) is 3.34. The van der Waals surface area contributed by atoms with Crippen LogP contribution in [-0.4, -0.2) is 31.1 Å². The van der Waals surface area contributed by atoms with Crippen LogP contribution in [0.2, 0.25) is 0 Å². The van der Waals surface area contributed by atoms with Gasteiger partial charge in [0.1, 0.15) is 5.76 Å². The van der Waals surface area contributed by atoms with Gasteiger partial charge in [-0.15, -0.1) is 0 Å². The molecule has 0 bridgehead atoms. The Morgan fingerprint density at radius 2 is 2.21 bits per heavy atom. The second-order valence-electron chi connectivity index (χ2n) is 3.39. The molecule has 0 amide bonds. The number of rotatable bonds is 4. The lowest BCUT2D eigenvalue weighted by molar-refractivity contribution is 0.166. The number of aliphatic hydroxyl groups is 1. The molecule has 0 saturated heterocycles. The molecule has 0 aromatic carbocycles. The third-order valence-electron chi connectivity index (χ3n) is 2.21. The molecule has 0 radical (unpaired) electrons. The van der Waals surface area contributed by atoms with Crippen molar-refractivity contribution >= 4 is 9.84 Å². The summed E-state index contributed by atoms with van der Waals surface area (Å²) in [6.07, 6.45) is 1.91. The van der Waals surface area contributed by atoms with E-state index >= 15 is 0 Å². The van der Waals surface area contributed by atoms with E-state index in [9.17, 15) is 13.5 Å². The van der Waals surface area contributed by atoms with Gasteiger partial charge < -0.3 is 9.52 Å². The molecule has 1 aromatic heterocycles. The predicted octanol–water partition coefficient (Wildman–Crippen LogP) is 0.616. The molecule has 0 fully saturated rings. The summed E-state index contributed by atoms with van der Waals surface area (Å²) >= 11 is 0. The maximum atomic E-state index is 11.1. The summed E-state index contributed by atoms with van der Waals surface area (Å²) in [5, 5.41) is 8.82. The predicted molar refractivity (Wildman–Crippen MR) is 52.7 cm³/mol. The zero-order valence-electron chi connectivity index (χ0n) is 8.17. The van der Waals surface area contributed by atoms with Crippen molar-refractivity contribution in [2.45, 2.75) is 24.7 Å². The highest BCUT2D eigenvalue weighted by molar-refractivity contribution is 7.91. The van der Waals surface area contributed by atoms with E-state index in [1.54, 1.807) is 12.1 Å². The molecule has 2 unspecified atom stereocenters. The highest BCUT2D eigenvalue weighted by Crippen LogP contribution is 2.11. The first kappa shape index (κ1) is 11.3. The minimum atomic E-state index is -3.20. The minimum absolute atomic E-state index is 0.223. The van der Waals surface area contributed by atoms with E-state index in [1.807, 2.05) is 0 Å². The van der Waals surface area contributed by atoms with Gasteiger partial charge in [-0.2, -0.15) is 0 Å². The standard InChI is InChI=1S/C9H14O4S/c1-7(14(2,11)12)9(10)6-8-4-3-5-13-8/h3-5,7,9-10H,6H2,1-2H3. The lowest BCUT2D eigenvalue weighted by atomic mass is 10.1. The van der Waals surface area contributed by atoms with Crippen molar-refractivity contribution in [3.8, 4) is 0 Å². The van der Waals surface area contributed by atoms with Gasteiger partial charge in [-0.1, -0.05) is 0 Å². The molecular weight excluding hydrogens is 204 g/mol. The summed E-state index contributed by atoms with van der Waals surface area (Å²) in [5.41, 5.74) is 0. The molecule has 0 aliphatic rings. The quantitative estimate of drug-likeness (QED) is 0.804. The van der Waals surface area contributed by atoms with Crippen LogP contribution in [0.5, 0.6) is 0 Å². The molecule has 1 N–H and O–H groups in total. The maximum Gasteiger partial charge on any atom is 0.152 e. The lowest BCUT2D eigenvalue weighted by Gasteiger charge is -2.15. The summed E-state index contributed by atoms with van der Waals surface area (Å²) in [6, 6.07) is 3.41. The van der Waals surface area contributed by atoms with Gasteiger partial charge in [0.05, 0.1) is 17.6 Å². The fraction of sp³-hybridized carbons (Fsp3) is 0.556. The zero-order valence-corrected chi connectivity index (χ0v) is 8.99. The van der Waals surface area contributed by atoms with Gasteiger partial charge in [0.2, 0.25) is 0 Å². The monoisotopic (exact) mass is 218 g/mol. The molecule has 0 spiro atoms. The van der Waals surface area contributed by atoms with Crippen molar-refractivity contribution in [2.75, 3.05) is 6.26 Å². The van der Waals surface area contributed by atoms with Crippen molar-refractivity contribution in [3.63, 3.8) is 0 Å². The van der Waals surface area contributed by atoms with Gasteiger partial charge >= 0.3 is 0 Å². The molecule has 0 aliphatic heterocycles. The van der Waals surface area contributed by atoms with Crippen LogP contribution in [0.15, 0.2) is 22.8 Å². The summed E-state index contributed by atoms with van der Waals surface area (Å²) < 4.78 is 27.2. The van der Waals surface area contributed by atoms with Crippen LogP contribution in [0.3, 0.4) is 0 Å². The molecule has 0 aliphatic carbocycles. The summed E-state index contributed by atoms with van der Waals surface area (Å²) in [4.78, 5) is 0. The van der Waals surface area contributed by atoms with Crippen molar-refractivity contribution in [3.05, 3.63) is 24.2 Å². The highest BCUT2D eigenvalue weighted by Gasteiger charge is 2.24. The zero-order chi connectivity index (χ0) is 10.8. The van der Waals surface area contributed by atoms with Gasteiger partial charge in [-0.05, 0) is 19.1 Å². The van der Waals surface area contributed by atoms with E-state index in [2.05, 4.69) is 0 Å². The van der Waals surface area contributed by atoms with Gasteiger partial charge in [0.25, 0.3) is 0 Å². The first-order valence-corrected chi connectivity index (χ1v) is 6.26. The number of furan rings is 1. The topological polar surface area (TPSA) is 67.5 Å². The molecule has 80 valence electrons. The number of aliphatic hydroxyl groups excluding tert-OH is 1. The van der Waals surface area contributed by atoms with Crippen molar-refractivity contribution in [1.29, 1.82) is 0 Å². The smallest absolute Gasteiger partial charge is 0.152 e. The van der Waals surface area contributed by atoms with E-state index in [0.29, 0.717) is 5.76 Å². The third kappa shape index (κ3) is 2.85. The number of hydrogen-bond acceptors (Lipinski definition) is 4. The molecule has 4 nitrogen and oxygen atoms in total.